The van der Waals surface area contributed by atoms with E-state index in [1.54, 1.807) is 17.7 Å². The van der Waals surface area contributed by atoms with Crippen LogP contribution in [0, 0.1) is 6.92 Å². The highest BCUT2D eigenvalue weighted by atomic mass is 35.5. The molecule has 1 heterocycles. The van der Waals surface area contributed by atoms with Crippen LogP contribution in [-0.4, -0.2) is 26.5 Å². The molecule has 23 heavy (non-hydrogen) atoms. The number of aryl methyl sites for hydroxylation is 1. The summed E-state index contributed by atoms with van der Waals surface area (Å²) in [5.74, 6) is 1.25. The largest absolute Gasteiger partial charge is 0.270 e. The van der Waals surface area contributed by atoms with Gasteiger partial charge in [0, 0.05) is 16.0 Å². The Morgan fingerprint density at radius 3 is 2.74 bits per heavy atom. The van der Waals surface area contributed by atoms with E-state index in [0.29, 0.717) is 21.6 Å². The van der Waals surface area contributed by atoms with Crippen molar-refractivity contribution in [2.75, 3.05) is 11.2 Å². The molecule has 0 atom stereocenters. The number of aromatic nitrogens is 3. The summed E-state index contributed by atoms with van der Waals surface area (Å²) in [7, 11) is 0. The van der Waals surface area contributed by atoms with Gasteiger partial charge in [-0.05, 0) is 30.2 Å². The molecular formula is C16H15ClN4OS. The minimum Gasteiger partial charge on any atom is -0.267 e. The van der Waals surface area contributed by atoms with Crippen LogP contribution in [0.25, 0.3) is 10.8 Å². The van der Waals surface area contributed by atoms with Gasteiger partial charge in [-0.25, -0.2) is 4.68 Å². The summed E-state index contributed by atoms with van der Waals surface area (Å²) in [5, 5.41) is 11.0. The summed E-state index contributed by atoms with van der Waals surface area (Å²) in [6, 6.07) is 11.0. The second-order valence-electron chi connectivity index (χ2n) is 4.88. The third kappa shape index (κ3) is 3.04. The van der Waals surface area contributed by atoms with E-state index in [0.717, 1.165) is 16.5 Å². The van der Waals surface area contributed by atoms with Gasteiger partial charge in [0.15, 0.2) is 0 Å². The van der Waals surface area contributed by atoms with Crippen molar-refractivity contribution in [3.05, 3.63) is 52.8 Å². The third-order valence-electron chi connectivity index (χ3n) is 3.40. The smallest absolute Gasteiger partial charge is 0.267 e. The van der Waals surface area contributed by atoms with Gasteiger partial charge in [0.25, 0.3) is 5.91 Å². The molecule has 2 aromatic carbocycles. The average molecular weight is 347 g/mol. The fourth-order valence-corrected chi connectivity index (χ4v) is 3.23. The summed E-state index contributed by atoms with van der Waals surface area (Å²) < 4.78 is 1.61. The average Bonchev–Trinajstić information content (AvgIpc) is 2.88. The van der Waals surface area contributed by atoms with Crippen molar-refractivity contribution in [3.63, 3.8) is 0 Å². The SMILES string of the molecule is CCSc1nnc(C)n1NC(=O)c1cccc2c(Cl)cccc12. The molecule has 0 aliphatic rings. The number of nitrogens with zero attached hydrogens (tertiary/aromatic N) is 3. The van der Waals surface area contributed by atoms with E-state index in [1.807, 2.05) is 37.3 Å². The molecule has 0 radical (unpaired) electrons. The molecule has 5 nitrogen and oxygen atoms in total. The van der Waals surface area contributed by atoms with Crippen molar-refractivity contribution in [1.82, 2.24) is 14.9 Å². The first-order chi connectivity index (χ1) is 11.1. The maximum absolute atomic E-state index is 12.7. The lowest BCUT2D eigenvalue weighted by atomic mass is 10.0. The zero-order valence-corrected chi connectivity index (χ0v) is 14.3. The Morgan fingerprint density at radius 2 is 1.96 bits per heavy atom. The zero-order chi connectivity index (χ0) is 16.4. The number of carbonyl (C=O) groups excluding carboxylic acids is 1. The molecule has 0 saturated heterocycles. The Kier molecular flexibility index (Phi) is 4.54. The minimum atomic E-state index is -0.223. The van der Waals surface area contributed by atoms with Crippen LogP contribution in [0.5, 0.6) is 0 Å². The molecule has 7 heteroatoms. The van der Waals surface area contributed by atoms with Crippen molar-refractivity contribution in [1.29, 1.82) is 0 Å². The molecule has 0 bridgehead atoms. The van der Waals surface area contributed by atoms with Crippen LogP contribution in [0.1, 0.15) is 23.1 Å². The van der Waals surface area contributed by atoms with Gasteiger partial charge in [-0.15, -0.1) is 10.2 Å². The molecule has 1 aromatic heterocycles. The van der Waals surface area contributed by atoms with Gasteiger partial charge < -0.3 is 0 Å². The van der Waals surface area contributed by atoms with Crippen molar-refractivity contribution >= 4 is 40.0 Å². The summed E-state index contributed by atoms with van der Waals surface area (Å²) in [6.07, 6.45) is 0. The monoisotopic (exact) mass is 346 g/mol. The molecule has 0 aliphatic heterocycles. The molecule has 118 valence electrons. The highest BCUT2D eigenvalue weighted by Gasteiger charge is 2.15. The predicted octanol–water partition coefficient (Wildman–Crippen LogP) is 3.89. The molecule has 0 unspecified atom stereocenters. The van der Waals surface area contributed by atoms with Crippen LogP contribution in [0.2, 0.25) is 5.02 Å². The minimum absolute atomic E-state index is 0.223. The van der Waals surface area contributed by atoms with E-state index in [2.05, 4.69) is 15.6 Å². The highest BCUT2D eigenvalue weighted by Crippen LogP contribution is 2.26. The number of fused-ring (bicyclic) bond motifs is 1. The topological polar surface area (TPSA) is 59.8 Å². The first-order valence-corrected chi connectivity index (χ1v) is 8.51. The summed E-state index contributed by atoms with van der Waals surface area (Å²) in [5.41, 5.74) is 3.42. The van der Waals surface area contributed by atoms with Crippen LogP contribution in [0.15, 0.2) is 41.6 Å². The first-order valence-electron chi connectivity index (χ1n) is 7.15. The van der Waals surface area contributed by atoms with E-state index in [9.17, 15) is 4.79 Å². The number of amides is 1. The number of hydrogen-bond donors (Lipinski definition) is 1. The lowest BCUT2D eigenvalue weighted by molar-refractivity contribution is 0.101. The van der Waals surface area contributed by atoms with E-state index in [-0.39, 0.29) is 5.91 Å². The summed E-state index contributed by atoms with van der Waals surface area (Å²) >= 11 is 7.73. The van der Waals surface area contributed by atoms with Gasteiger partial charge in [0.2, 0.25) is 5.16 Å². The Hall–Kier alpha value is -2.05. The van der Waals surface area contributed by atoms with Crippen molar-refractivity contribution in [2.24, 2.45) is 0 Å². The fraction of sp³-hybridized carbons (Fsp3) is 0.188. The number of thioether (sulfide) groups is 1. The molecule has 0 spiro atoms. The fourth-order valence-electron chi connectivity index (χ4n) is 2.33. The summed E-state index contributed by atoms with van der Waals surface area (Å²) in [4.78, 5) is 12.7. The van der Waals surface area contributed by atoms with Gasteiger partial charge in [0.1, 0.15) is 5.82 Å². The Bertz CT molecular complexity index is 878. The standard InChI is InChI=1S/C16H15ClN4OS/c1-3-23-16-19-18-10(2)21(16)20-15(22)13-8-4-7-12-11(13)6-5-9-14(12)17/h4-9H,3H2,1-2H3,(H,20,22). The van der Waals surface area contributed by atoms with Gasteiger partial charge >= 0.3 is 0 Å². The van der Waals surface area contributed by atoms with Gasteiger partial charge in [0.05, 0.1) is 0 Å². The Balaban J connectivity index is 1.99. The van der Waals surface area contributed by atoms with Crippen molar-refractivity contribution in [3.8, 4) is 0 Å². The van der Waals surface area contributed by atoms with Crippen molar-refractivity contribution < 1.29 is 4.79 Å². The molecule has 0 aliphatic carbocycles. The number of rotatable bonds is 4. The normalized spacial score (nSPS) is 10.9. The van der Waals surface area contributed by atoms with Crippen LogP contribution in [0.3, 0.4) is 0 Å². The molecule has 1 N–H and O–H groups in total. The second-order valence-corrected chi connectivity index (χ2v) is 6.52. The van der Waals surface area contributed by atoms with Crippen LogP contribution >= 0.6 is 23.4 Å². The molecule has 0 saturated carbocycles. The van der Waals surface area contributed by atoms with Crippen LogP contribution in [0.4, 0.5) is 0 Å². The van der Waals surface area contributed by atoms with E-state index in [1.165, 1.54) is 11.8 Å². The van der Waals surface area contributed by atoms with Gasteiger partial charge in [-0.3, -0.25) is 10.2 Å². The molecule has 3 rings (SSSR count). The lowest BCUT2D eigenvalue weighted by Gasteiger charge is -2.11. The quantitative estimate of drug-likeness (QED) is 0.728. The Labute approximate surface area is 143 Å². The number of hydrogen-bond acceptors (Lipinski definition) is 4. The summed E-state index contributed by atoms with van der Waals surface area (Å²) in [6.45, 7) is 3.82. The number of benzene rings is 2. The van der Waals surface area contributed by atoms with Crippen molar-refractivity contribution in [2.45, 2.75) is 19.0 Å². The Morgan fingerprint density at radius 1 is 1.22 bits per heavy atom. The number of nitrogens with one attached hydrogen (secondary N) is 1. The predicted molar refractivity (Wildman–Crippen MR) is 93.8 cm³/mol. The molecule has 0 fully saturated rings. The van der Waals surface area contributed by atoms with E-state index in [4.69, 9.17) is 11.6 Å². The third-order valence-corrected chi connectivity index (χ3v) is 4.54. The van der Waals surface area contributed by atoms with Crippen LogP contribution in [-0.2, 0) is 0 Å². The van der Waals surface area contributed by atoms with E-state index < -0.39 is 0 Å². The zero-order valence-electron chi connectivity index (χ0n) is 12.7. The number of carbonyl (C=O) groups is 1. The van der Waals surface area contributed by atoms with Crippen LogP contribution < -0.4 is 5.43 Å². The lowest BCUT2D eigenvalue weighted by Crippen LogP contribution is -2.25. The highest BCUT2D eigenvalue weighted by molar-refractivity contribution is 7.99. The molecular weight excluding hydrogens is 332 g/mol. The van der Waals surface area contributed by atoms with Gasteiger partial charge in [-0.1, -0.05) is 54.6 Å². The second kappa shape index (κ2) is 6.60. The maximum atomic E-state index is 12.7. The van der Waals surface area contributed by atoms with E-state index >= 15 is 0 Å². The molecule has 3 aromatic rings. The number of halogens is 1. The molecule has 1 amide bonds. The first kappa shape index (κ1) is 15.8. The maximum Gasteiger partial charge on any atom is 0.270 e. The van der Waals surface area contributed by atoms with Gasteiger partial charge in [-0.2, -0.15) is 0 Å².